The Morgan fingerprint density at radius 3 is 2.81 bits per heavy atom. The van der Waals surface area contributed by atoms with Gasteiger partial charge in [0.2, 0.25) is 0 Å². The lowest BCUT2D eigenvalue weighted by molar-refractivity contribution is 0.793. The minimum atomic E-state index is -0.536. The second-order valence-electron chi connectivity index (χ2n) is 4.69. The van der Waals surface area contributed by atoms with Crippen LogP contribution in [0.4, 0.5) is 5.69 Å². The highest BCUT2D eigenvalue weighted by atomic mass is 79.9. The van der Waals surface area contributed by atoms with E-state index in [1.807, 2.05) is 0 Å². The third kappa shape index (κ3) is 2.35. The first-order chi connectivity index (χ1) is 7.76. The Kier molecular flexibility index (Phi) is 4.09. The normalized spacial score (nSPS) is 19.4. The van der Waals surface area contributed by atoms with Gasteiger partial charge in [-0.3, -0.25) is 0 Å². The standard InChI is InChI=1S/C13H20BrNSi/c1-3-16(4-2)10-8-11-12(14)6-5-7-13(11)15-9-10/h5-7,10,15-16H,3-4,8-9H2,1-2H3/t10-/m1/s1. The van der Waals surface area contributed by atoms with E-state index in [-0.39, 0.29) is 0 Å². The summed E-state index contributed by atoms with van der Waals surface area (Å²) in [6, 6.07) is 9.35. The van der Waals surface area contributed by atoms with E-state index in [0.29, 0.717) is 0 Å². The summed E-state index contributed by atoms with van der Waals surface area (Å²) in [4.78, 5) is 0. The fourth-order valence-electron chi connectivity index (χ4n) is 2.80. The summed E-state index contributed by atoms with van der Waals surface area (Å²) in [5.41, 5.74) is 3.77. The van der Waals surface area contributed by atoms with Crippen LogP contribution in [0.5, 0.6) is 0 Å². The lowest BCUT2D eigenvalue weighted by Crippen LogP contribution is -2.30. The van der Waals surface area contributed by atoms with E-state index < -0.39 is 8.80 Å². The van der Waals surface area contributed by atoms with E-state index in [4.69, 9.17) is 0 Å². The molecule has 0 saturated heterocycles. The molecule has 0 saturated carbocycles. The molecular weight excluding hydrogens is 278 g/mol. The monoisotopic (exact) mass is 297 g/mol. The van der Waals surface area contributed by atoms with Crippen LogP contribution in [0.2, 0.25) is 17.6 Å². The summed E-state index contributed by atoms with van der Waals surface area (Å²) < 4.78 is 1.28. The zero-order valence-electron chi connectivity index (χ0n) is 10.1. The van der Waals surface area contributed by atoms with Crippen molar-refractivity contribution in [1.29, 1.82) is 0 Å². The molecule has 0 aromatic heterocycles. The molecule has 1 aromatic rings. The Labute approximate surface area is 108 Å². The number of nitrogens with one attached hydrogen (secondary N) is 1. The molecule has 0 spiro atoms. The summed E-state index contributed by atoms with van der Waals surface area (Å²) in [5.74, 6) is 0. The highest BCUT2D eigenvalue weighted by Crippen LogP contribution is 2.35. The maximum Gasteiger partial charge on any atom is 0.0419 e. The summed E-state index contributed by atoms with van der Waals surface area (Å²) in [6.07, 6.45) is 1.28. The Bertz CT molecular complexity index is 363. The van der Waals surface area contributed by atoms with E-state index in [9.17, 15) is 0 Å². The van der Waals surface area contributed by atoms with Crippen molar-refractivity contribution < 1.29 is 0 Å². The summed E-state index contributed by atoms with van der Waals surface area (Å²) in [5, 5.41) is 3.61. The highest BCUT2D eigenvalue weighted by molar-refractivity contribution is 9.10. The lowest BCUT2D eigenvalue weighted by Gasteiger charge is -2.31. The molecule has 3 heteroatoms. The molecule has 2 rings (SSSR count). The van der Waals surface area contributed by atoms with Crippen molar-refractivity contribution in [1.82, 2.24) is 0 Å². The maximum atomic E-state index is 3.68. The van der Waals surface area contributed by atoms with Crippen molar-refractivity contribution in [2.45, 2.75) is 37.9 Å². The largest absolute Gasteiger partial charge is 0.385 e. The number of hydrogen-bond donors (Lipinski definition) is 1. The fraction of sp³-hybridized carbons (Fsp3) is 0.538. The smallest absolute Gasteiger partial charge is 0.0419 e. The van der Waals surface area contributed by atoms with Gasteiger partial charge in [-0.05, 0) is 29.7 Å². The zero-order valence-corrected chi connectivity index (χ0v) is 12.8. The molecule has 0 aliphatic carbocycles. The highest BCUT2D eigenvalue weighted by Gasteiger charge is 2.25. The zero-order chi connectivity index (χ0) is 11.5. The van der Waals surface area contributed by atoms with Crippen molar-refractivity contribution in [3.8, 4) is 0 Å². The number of fused-ring (bicyclic) bond motifs is 1. The SMILES string of the molecule is CC[SiH](CC)[C@H]1CNc2cccc(Br)c2C1. The van der Waals surface area contributed by atoms with E-state index in [1.54, 1.807) is 0 Å². The van der Waals surface area contributed by atoms with Gasteiger partial charge in [0.25, 0.3) is 0 Å². The molecule has 0 unspecified atom stereocenters. The first-order valence-corrected chi connectivity index (χ1v) is 9.36. The van der Waals surface area contributed by atoms with E-state index in [2.05, 4.69) is 53.3 Å². The van der Waals surface area contributed by atoms with E-state index in [0.717, 1.165) is 5.54 Å². The first kappa shape index (κ1) is 12.2. The fourth-order valence-corrected chi connectivity index (χ4v) is 6.25. The summed E-state index contributed by atoms with van der Waals surface area (Å²) >= 11 is 3.68. The molecule has 0 bridgehead atoms. The topological polar surface area (TPSA) is 12.0 Å². The number of halogens is 1. The van der Waals surface area contributed by atoms with Crippen molar-refractivity contribution in [3.63, 3.8) is 0 Å². The predicted molar refractivity (Wildman–Crippen MR) is 78.2 cm³/mol. The van der Waals surface area contributed by atoms with Crippen LogP contribution in [0.15, 0.2) is 22.7 Å². The number of benzene rings is 1. The van der Waals surface area contributed by atoms with Crippen LogP contribution in [0.1, 0.15) is 19.4 Å². The second kappa shape index (κ2) is 5.37. The quantitative estimate of drug-likeness (QED) is 0.830. The third-order valence-electron chi connectivity index (χ3n) is 3.86. The molecule has 1 heterocycles. The molecule has 1 atom stereocenters. The van der Waals surface area contributed by atoms with Crippen LogP contribution >= 0.6 is 15.9 Å². The predicted octanol–water partition coefficient (Wildman–Crippen LogP) is 4.05. The van der Waals surface area contributed by atoms with Crippen LogP contribution in [-0.4, -0.2) is 15.3 Å². The molecular formula is C13H20BrNSi. The average molecular weight is 298 g/mol. The van der Waals surface area contributed by atoms with Gasteiger partial charge in [-0.25, -0.2) is 0 Å². The minimum Gasteiger partial charge on any atom is -0.385 e. The molecule has 16 heavy (non-hydrogen) atoms. The molecule has 0 amide bonds. The van der Waals surface area contributed by atoms with Gasteiger partial charge in [-0.2, -0.15) is 0 Å². The molecule has 88 valence electrons. The van der Waals surface area contributed by atoms with Gasteiger partial charge in [-0.1, -0.05) is 47.9 Å². The molecule has 1 nitrogen and oxygen atoms in total. The van der Waals surface area contributed by atoms with Gasteiger partial charge in [0.1, 0.15) is 0 Å². The van der Waals surface area contributed by atoms with Crippen molar-refractivity contribution in [3.05, 3.63) is 28.2 Å². The summed E-state index contributed by atoms with van der Waals surface area (Å²) in [7, 11) is -0.536. The Hall–Kier alpha value is -0.283. The number of anilines is 1. The van der Waals surface area contributed by atoms with Gasteiger partial charge < -0.3 is 5.32 Å². The minimum absolute atomic E-state index is 0.536. The van der Waals surface area contributed by atoms with Gasteiger partial charge in [0.05, 0.1) is 0 Å². The van der Waals surface area contributed by atoms with Crippen LogP contribution in [-0.2, 0) is 6.42 Å². The molecule has 1 aliphatic heterocycles. The average Bonchev–Trinajstić information content (AvgIpc) is 2.32. The van der Waals surface area contributed by atoms with Crippen molar-refractivity contribution in [2.24, 2.45) is 0 Å². The summed E-state index contributed by atoms with van der Waals surface area (Å²) in [6.45, 7) is 5.94. The van der Waals surface area contributed by atoms with Crippen LogP contribution < -0.4 is 5.32 Å². The Morgan fingerprint density at radius 1 is 1.38 bits per heavy atom. The molecule has 1 N–H and O–H groups in total. The maximum absolute atomic E-state index is 3.68. The van der Waals surface area contributed by atoms with E-state index in [1.165, 1.54) is 40.8 Å². The third-order valence-corrected chi connectivity index (χ3v) is 8.50. The van der Waals surface area contributed by atoms with Gasteiger partial charge in [-0.15, -0.1) is 0 Å². The molecule has 0 radical (unpaired) electrons. The number of hydrogen-bond acceptors (Lipinski definition) is 1. The first-order valence-electron chi connectivity index (χ1n) is 6.27. The second-order valence-corrected chi connectivity index (χ2v) is 9.64. The van der Waals surface area contributed by atoms with Crippen LogP contribution in [0, 0.1) is 0 Å². The molecule has 0 fully saturated rings. The van der Waals surface area contributed by atoms with Crippen molar-refractivity contribution >= 4 is 30.4 Å². The molecule has 1 aliphatic rings. The van der Waals surface area contributed by atoms with Gasteiger partial charge in [0.15, 0.2) is 0 Å². The van der Waals surface area contributed by atoms with Crippen LogP contribution in [0.3, 0.4) is 0 Å². The van der Waals surface area contributed by atoms with Gasteiger partial charge >= 0.3 is 0 Å². The lowest BCUT2D eigenvalue weighted by atomic mass is 10.0. The van der Waals surface area contributed by atoms with Gasteiger partial charge in [0, 0.05) is 25.5 Å². The van der Waals surface area contributed by atoms with Crippen LogP contribution in [0.25, 0.3) is 0 Å². The van der Waals surface area contributed by atoms with E-state index >= 15 is 0 Å². The Balaban J connectivity index is 2.19. The van der Waals surface area contributed by atoms with Crippen molar-refractivity contribution in [2.75, 3.05) is 11.9 Å². The Morgan fingerprint density at radius 2 is 2.12 bits per heavy atom. The number of rotatable bonds is 3. The molecule has 1 aromatic carbocycles.